The maximum Gasteiger partial charge on any atom is 0.255 e. The molecule has 0 radical (unpaired) electrons. The Hall–Kier alpha value is -2.87. The van der Waals surface area contributed by atoms with Crippen LogP contribution < -0.4 is 9.62 Å². The van der Waals surface area contributed by atoms with Gasteiger partial charge >= 0.3 is 0 Å². The van der Waals surface area contributed by atoms with E-state index in [0.29, 0.717) is 46.5 Å². The van der Waals surface area contributed by atoms with E-state index in [9.17, 15) is 17.6 Å². The molecule has 0 spiro atoms. The summed E-state index contributed by atoms with van der Waals surface area (Å²) in [7, 11) is -1.87. The summed E-state index contributed by atoms with van der Waals surface area (Å²) in [6, 6.07) is 9.12. The van der Waals surface area contributed by atoms with E-state index < -0.39 is 10.0 Å². The standard InChI is InChI=1S/C19H17FN2O4S.CH4/c1-21-19(23)17-14-9-12-7-8-22(27(2,24)25)15(12)10-16(14)26-18(17)11-3-5-13(20)6-4-11;/h3-6,9-10H,7-8H2,1-2H3,(H,21,23);1H4. The molecule has 0 saturated carbocycles. The number of furan rings is 1. The van der Waals surface area contributed by atoms with Crippen molar-refractivity contribution in [1.82, 2.24) is 5.32 Å². The molecule has 0 unspecified atom stereocenters. The lowest BCUT2D eigenvalue weighted by Gasteiger charge is -2.16. The minimum absolute atomic E-state index is 0. The van der Waals surface area contributed by atoms with Crippen LogP contribution in [-0.4, -0.2) is 34.2 Å². The topological polar surface area (TPSA) is 79.6 Å². The number of hydrogen-bond acceptors (Lipinski definition) is 4. The van der Waals surface area contributed by atoms with Crippen LogP contribution >= 0.6 is 0 Å². The molecule has 1 N–H and O–H groups in total. The molecule has 28 heavy (non-hydrogen) atoms. The maximum absolute atomic E-state index is 13.3. The monoisotopic (exact) mass is 404 g/mol. The molecule has 2 heterocycles. The van der Waals surface area contributed by atoms with Crippen molar-refractivity contribution >= 4 is 32.6 Å². The molecular formula is C20H21FN2O4S. The Morgan fingerprint density at radius 3 is 2.50 bits per heavy atom. The van der Waals surface area contributed by atoms with Gasteiger partial charge in [0, 0.05) is 30.6 Å². The number of halogens is 1. The van der Waals surface area contributed by atoms with Gasteiger partial charge in [-0.15, -0.1) is 0 Å². The molecule has 1 aliphatic rings. The van der Waals surface area contributed by atoms with Gasteiger partial charge in [-0.3, -0.25) is 9.10 Å². The molecule has 3 aromatic rings. The minimum Gasteiger partial charge on any atom is -0.455 e. The van der Waals surface area contributed by atoms with Crippen molar-refractivity contribution in [3.8, 4) is 11.3 Å². The molecule has 1 amide bonds. The third-order valence-corrected chi connectivity index (χ3v) is 5.88. The average molecular weight is 404 g/mol. The number of sulfonamides is 1. The van der Waals surface area contributed by atoms with Crippen LogP contribution in [0.2, 0.25) is 0 Å². The molecule has 0 fully saturated rings. The van der Waals surface area contributed by atoms with Crippen molar-refractivity contribution in [2.45, 2.75) is 13.8 Å². The van der Waals surface area contributed by atoms with E-state index in [2.05, 4.69) is 5.32 Å². The van der Waals surface area contributed by atoms with Crippen molar-refractivity contribution in [2.24, 2.45) is 0 Å². The van der Waals surface area contributed by atoms with Crippen molar-refractivity contribution in [1.29, 1.82) is 0 Å². The Morgan fingerprint density at radius 1 is 1.21 bits per heavy atom. The lowest BCUT2D eigenvalue weighted by atomic mass is 10.0. The van der Waals surface area contributed by atoms with Crippen LogP contribution in [0, 0.1) is 5.82 Å². The van der Waals surface area contributed by atoms with Gasteiger partial charge < -0.3 is 9.73 Å². The van der Waals surface area contributed by atoms with Crippen LogP contribution in [0.25, 0.3) is 22.3 Å². The normalized spacial score (nSPS) is 13.3. The highest BCUT2D eigenvalue weighted by Gasteiger charge is 2.29. The zero-order chi connectivity index (χ0) is 19.3. The Bertz CT molecular complexity index is 1170. The molecule has 0 aliphatic carbocycles. The van der Waals surface area contributed by atoms with E-state index in [-0.39, 0.29) is 19.2 Å². The molecule has 6 nitrogen and oxygen atoms in total. The van der Waals surface area contributed by atoms with Gasteiger partial charge in [0.1, 0.15) is 17.2 Å². The van der Waals surface area contributed by atoms with Gasteiger partial charge in [0.05, 0.1) is 17.5 Å². The first-order chi connectivity index (χ1) is 12.8. The fraction of sp³-hybridized carbons (Fsp3) is 0.250. The fourth-order valence-corrected chi connectivity index (χ4v) is 4.40. The van der Waals surface area contributed by atoms with Gasteiger partial charge in [0.2, 0.25) is 10.0 Å². The van der Waals surface area contributed by atoms with E-state index in [1.54, 1.807) is 12.1 Å². The lowest BCUT2D eigenvalue weighted by Crippen LogP contribution is -2.27. The molecule has 8 heteroatoms. The summed E-state index contributed by atoms with van der Waals surface area (Å²) in [5, 5.41) is 3.20. The molecule has 0 saturated heterocycles. The number of carbonyl (C=O) groups is 1. The Labute approximate surface area is 163 Å². The maximum atomic E-state index is 13.3. The third-order valence-electron chi connectivity index (χ3n) is 4.70. The minimum atomic E-state index is -3.40. The summed E-state index contributed by atoms with van der Waals surface area (Å²) in [6.07, 6.45) is 1.72. The van der Waals surface area contributed by atoms with Crippen molar-refractivity contribution in [2.75, 3.05) is 24.2 Å². The van der Waals surface area contributed by atoms with E-state index in [1.807, 2.05) is 0 Å². The zero-order valence-corrected chi connectivity index (χ0v) is 15.6. The highest BCUT2D eigenvalue weighted by Crippen LogP contribution is 2.40. The van der Waals surface area contributed by atoms with Crippen LogP contribution in [0.4, 0.5) is 10.1 Å². The fourth-order valence-electron chi connectivity index (χ4n) is 3.45. The van der Waals surface area contributed by atoms with Gasteiger partial charge in [-0.25, -0.2) is 12.8 Å². The zero-order valence-electron chi connectivity index (χ0n) is 14.7. The molecule has 0 bridgehead atoms. The number of nitrogens with one attached hydrogen (secondary N) is 1. The second-order valence-corrected chi connectivity index (χ2v) is 8.36. The van der Waals surface area contributed by atoms with Crippen LogP contribution in [-0.2, 0) is 16.4 Å². The van der Waals surface area contributed by atoms with Gasteiger partial charge in [-0.05, 0) is 42.3 Å². The van der Waals surface area contributed by atoms with Gasteiger partial charge in [-0.2, -0.15) is 0 Å². The third kappa shape index (κ3) is 3.13. The van der Waals surface area contributed by atoms with Gasteiger partial charge in [0.15, 0.2) is 0 Å². The highest BCUT2D eigenvalue weighted by molar-refractivity contribution is 7.92. The molecule has 1 aromatic heterocycles. The second kappa shape index (κ2) is 6.94. The quantitative estimate of drug-likeness (QED) is 0.724. The predicted molar refractivity (Wildman–Crippen MR) is 108 cm³/mol. The van der Waals surface area contributed by atoms with E-state index >= 15 is 0 Å². The number of hydrogen-bond donors (Lipinski definition) is 1. The SMILES string of the molecule is C.CNC(=O)c1c(-c2ccc(F)cc2)oc2cc3c(cc12)CCN3S(C)(=O)=O. The summed E-state index contributed by atoms with van der Waals surface area (Å²) in [5.74, 6) is -0.399. The molecular weight excluding hydrogens is 383 g/mol. The number of rotatable bonds is 3. The Kier molecular flexibility index (Phi) is 4.93. The number of anilines is 1. The first-order valence-electron chi connectivity index (χ1n) is 8.34. The van der Waals surface area contributed by atoms with Crippen molar-refractivity contribution < 1.29 is 22.0 Å². The van der Waals surface area contributed by atoms with E-state index in [4.69, 9.17) is 4.42 Å². The molecule has 0 atom stereocenters. The van der Waals surface area contributed by atoms with Gasteiger partial charge in [-0.1, -0.05) is 7.43 Å². The van der Waals surface area contributed by atoms with Crippen LogP contribution in [0.5, 0.6) is 0 Å². The van der Waals surface area contributed by atoms with Crippen molar-refractivity contribution in [3.63, 3.8) is 0 Å². The smallest absolute Gasteiger partial charge is 0.255 e. The largest absolute Gasteiger partial charge is 0.455 e. The molecule has 2 aromatic carbocycles. The Balaban J connectivity index is 0.00000225. The summed E-state index contributed by atoms with van der Waals surface area (Å²) < 4.78 is 44.6. The van der Waals surface area contributed by atoms with E-state index in [0.717, 1.165) is 11.8 Å². The first kappa shape index (κ1) is 19.9. The first-order valence-corrected chi connectivity index (χ1v) is 10.2. The van der Waals surface area contributed by atoms with Crippen molar-refractivity contribution in [3.05, 3.63) is 53.3 Å². The summed E-state index contributed by atoms with van der Waals surface area (Å²) >= 11 is 0. The predicted octanol–water partition coefficient (Wildman–Crippen LogP) is 3.56. The molecule has 4 rings (SSSR count). The highest BCUT2D eigenvalue weighted by atomic mass is 32.2. The van der Waals surface area contributed by atoms with Crippen LogP contribution in [0.1, 0.15) is 23.3 Å². The Morgan fingerprint density at radius 2 is 1.89 bits per heavy atom. The lowest BCUT2D eigenvalue weighted by molar-refractivity contribution is 0.0964. The number of carbonyl (C=O) groups excluding carboxylic acids is 1. The summed E-state index contributed by atoms with van der Waals surface area (Å²) in [4.78, 5) is 12.5. The number of amides is 1. The second-order valence-electron chi connectivity index (χ2n) is 6.45. The molecule has 1 aliphatic heterocycles. The van der Waals surface area contributed by atoms with Crippen LogP contribution in [0.15, 0.2) is 40.8 Å². The van der Waals surface area contributed by atoms with E-state index in [1.165, 1.54) is 35.6 Å². The van der Waals surface area contributed by atoms with Crippen LogP contribution in [0.3, 0.4) is 0 Å². The number of nitrogens with zero attached hydrogens (tertiary/aromatic N) is 1. The number of fused-ring (bicyclic) bond motifs is 2. The summed E-state index contributed by atoms with van der Waals surface area (Å²) in [6.45, 7) is 0.362. The van der Waals surface area contributed by atoms with Gasteiger partial charge in [0.25, 0.3) is 5.91 Å². The summed E-state index contributed by atoms with van der Waals surface area (Å²) in [5.41, 5.74) is 2.71. The molecule has 148 valence electrons. The average Bonchev–Trinajstić information content (AvgIpc) is 3.20. The number of benzene rings is 2.